The van der Waals surface area contributed by atoms with E-state index in [1.807, 2.05) is 0 Å². The molecule has 126 valence electrons. The van der Waals surface area contributed by atoms with Gasteiger partial charge in [-0.15, -0.1) is 0 Å². The molecule has 0 bridgehead atoms. The highest BCUT2D eigenvalue weighted by Crippen LogP contribution is 2.28. The first-order valence-corrected chi connectivity index (χ1v) is 7.82. The Morgan fingerprint density at radius 3 is 2.32 bits per heavy atom. The molecule has 25 heavy (non-hydrogen) atoms. The Morgan fingerprint density at radius 2 is 1.72 bits per heavy atom. The first-order valence-electron chi connectivity index (χ1n) is 7.44. The van der Waals surface area contributed by atoms with E-state index in [0.717, 1.165) is 4.90 Å². The van der Waals surface area contributed by atoms with E-state index in [1.165, 1.54) is 19.1 Å². The number of halogens is 1. The fourth-order valence-corrected chi connectivity index (χ4v) is 2.82. The third-order valence-electron chi connectivity index (χ3n) is 3.83. The van der Waals surface area contributed by atoms with Crippen LogP contribution in [0.1, 0.15) is 38.0 Å². The number of anilines is 1. The number of benzene rings is 2. The molecule has 1 heterocycles. The van der Waals surface area contributed by atoms with Gasteiger partial charge in [0.2, 0.25) is 5.91 Å². The summed E-state index contributed by atoms with van der Waals surface area (Å²) in [6, 6.07) is 10.9. The minimum Gasteiger partial charge on any atom is -0.325 e. The number of rotatable bonds is 4. The van der Waals surface area contributed by atoms with E-state index in [4.69, 9.17) is 11.6 Å². The number of ketones is 1. The number of hydrogen-bond acceptors (Lipinski definition) is 4. The van der Waals surface area contributed by atoms with Crippen molar-refractivity contribution in [1.82, 2.24) is 4.90 Å². The van der Waals surface area contributed by atoms with Gasteiger partial charge >= 0.3 is 0 Å². The molecule has 1 aliphatic heterocycles. The number of fused-ring (bicyclic) bond motifs is 1. The van der Waals surface area contributed by atoms with Crippen molar-refractivity contribution in [1.29, 1.82) is 0 Å². The second kappa shape index (κ2) is 6.49. The average molecular weight is 357 g/mol. The highest BCUT2D eigenvalue weighted by atomic mass is 35.5. The molecule has 0 saturated carbocycles. The Balaban J connectivity index is 1.72. The molecule has 0 saturated heterocycles. The molecule has 7 heteroatoms. The van der Waals surface area contributed by atoms with Gasteiger partial charge in [0, 0.05) is 11.3 Å². The van der Waals surface area contributed by atoms with E-state index in [9.17, 15) is 19.2 Å². The lowest BCUT2D eigenvalue weighted by Crippen LogP contribution is -2.37. The Kier molecular flexibility index (Phi) is 4.37. The lowest BCUT2D eigenvalue weighted by atomic mass is 10.1. The number of Topliss-reactive ketones (excluding diaryl/α,β-unsaturated/α-hetero) is 1. The maximum Gasteiger partial charge on any atom is 0.263 e. The van der Waals surface area contributed by atoms with Crippen LogP contribution in [-0.4, -0.2) is 34.9 Å². The zero-order valence-corrected chi connectivity index (χ0v) is 14.0. The second-order valence-corrected chi connectivity index (χ2v) is 5.95. The average Bonchev–Trinajstić information content (AvgIpc) is 2.81. The van der Waals surface area contributed by atoms with Crippen LogP contribution in [0.15, 0.2) is 42.5 Å². The summed E-state index contributed by atoms with van der Waals surface area (Å²) >= 11 is 5.97. The molecule has 1 aliphatic rings. The maximum atomic E-state index is 12.3. The first-order chi connectivity index (χ1) is 11.9. The third-order valence-corrected chi connectivity index (χ3v) is 4.14. The van der Waals surface area contributed by atoms with Crippen LogP contribution in [0.2, 0.25) is 5.02 Å². The molecule has 2 aromatic rings. The van der Waals surface area contributed by atoms with E-state index in [0.29, 0.717) is 11.3 Å². The van der Waals surface area contributed by atoms with Crippen molar-refractivity contribution in [2.75, 3.05) is 11.9 Å². The summed E-state index contributed by atoms with van der Waals surface area (Å²) in [5.41, 5.74) is 1.29. The Hall–Kier alpha value is -2.99. The fraction of sp³-hybridized carbons (Fsp3) is 0.111. The standard InChI is InChI=1S/C18H13ClN2O4/c1-10(22)11-5-7-12(8-6-11)20-15(23)9-21-17(24)13-3-2-4-14(19)16(13)18(21)25/h2-8H,9H2,1H3,(H,20,23). The molecule has 0 spiro atoms. The van der Waals surface area contributed by atoms with Gasteiger partial charge in [-0.05, 0) is 43.3 Å². The highest BCUT2D eigenvalue weighted by molar-refractivity contribution is 6.37. The summed E-state index contributed by atoms with van der Waals surface area (Å²) in [7, 11) is 0. The summed E-state index contributed by atoms with van der Waals surface area (Å²) in [5, 5.41) is 2.77. The van der Waals surface area contributed by atoms with Gasteiger partial charge in [0.05, 0.1) is 16.1 Å². The van der Waals surface area contributed by atoms with Gasteiger partial charge in [0.1, 0.15) is 6.54 Å². The fourth-order valence-electron chi connectivity index (χ4n) is 2.57. The van der Waals surface area contributed by atoms with Crippen LogP contribution >= 0.6 is 11.6 Å². The number of hydrogen-bond donors (Lipinski definition) is 1. The van der Waals surface area contributed by atoms with Crippen molar-refractivity contribution < 1.29 is 19.2 Å². The van der Waals surface area contributed by atoms with E-state index in [2.05, 4.69) is 5.32 Å². The first kappa shape index (κ1) is 16.9. The lowest BCUT2D eigenvalue weighted by molar-refractivity contribution is -0.116. The van der Waals surface area contributed by atoms with Crippen molar-refractivity contribution >= 4 is 40.8 Å². The zero-order valence-electron chi connectivity index (χ0n) is 13.2. The molecule has 0 aliphatic carbocycles. The van der Waals surface area contributed by atoms with Gasteiger partial charge in [-0.1, -0.05) is 17.7 Å². The predicted molar refractivity (Wildman–Crippen MR) is 91.9 cm³/mol. The largest absolute Gasteiger partial charge is 0.325 e. The van der Waals surface area contributed by atoms with Crippen LogP contribution in [-0.2, 0) is 4.79 Å². The van der Waals surface area contributed by atoms with Gasteiger partial charge < -0.3 is 5.32 Å². The molecular formula is C18H13ClN2O4. The molecule has 0 aromatic heterocycles. The van der Waals surface area contributed by atoms with Crippen LogP contribution in [0.4, 0.5) is 5.69 Å². The molecule has 0 unspecified atom stereocenters. The minimum atomic E-state index is -0.590. The minimum absolute atomic E-state index is 0.0826. The van der Waals surface area contributed by atoms with Crippen LogP contribution in [0.5, 0.6) is 0 Å². The van der Waals surface area contributed by atoms with Crippen LogP contribution in [0.3, 0.4) is 0 Å². The molecule has 3 rings (SSSR count). The van der Waals surface area contributed by atoms with Gasteiger partial charge in [-0.25, -0.2) is 0 Å². The van der Waals surface area contributed by atoms with Gasteiger partial charge in [-0.2, -0.15) is 0 Å². The molecular weight excluding hydrogens is 344 g/mol. The lowest BCUT2D eigenvalue weighted by Gasteiger charge is -2.13. The van der Waals surface area contributed by atoms with Crippen molar-refractivity contribution in [3.05, 3.63) is 64.2 Å². The predicted octanol–water partition coefficient (Wildman–Crippen LogP) is 2.78. The van der Waals surface area contributed by atoms with Crippen LogP contribution in [0, 0.1) is 0 Å². The van der Waals surface area contributed by atoms with Crippen molar-refractivity contribution in [2.24, 2.45) is 0 Å². The number of amides is 3. The molecule has 1 N–H and O–H groups in total. The smallest absolute Gasteiger partial charge is 0.263 e. The highest BCUT2D eigenvalue weighted by Gasteiger charge is 2.38. The monoisotopic (exact) mass is 356 g/mol. The molecule has 3 amide bonds. The van der Waals surface area contributed by atoms with E-state index in [1.54, 1.807) is 30.3 Å². The molecule has 6 nitrogen and oxygen atoms in total. The summed E-state index contributed by atoms with van der Waals surface area (Å²) in [6.45, 7) is 1.03. The normalized spacial score (nSPS) is 13.0. The second-order valence-electron chi connectivity index (χ2n) is 5.54. The topological polar surface area (TPSA) is 83.6 Å². The molecule has 2 aromatic carbocycles. The van der Waals surface area contributed by atoms with E-state index >= 15 is 0 Å². The number of nitrogens with zero attached hydrogens (tertiary/aromatic N) is 1. The van der Waals surface area contributed by atoms with E-state index in [-0.39, 0.29) is 21.9 Å². The number of carbonyl (C=O) groups excluding carboxylic acids is 4. The Morgan fingerprint density at radius 1 is 1.04 bits per heavy atom. The van der Waals surface area contributed by atoms with Gasteiger partial charge in [0.25, 0.3) is 11.8 Å². The van der Waals surface area contributed by atoms with Crippen LogP contribution in [0.25, 0.3) is 0 Å². The number of carbonyl (C=O) groups is 4. The van der Waals surface area contributed by atoms with Crippen molar-refractivity contribution in [2.45, 2.75) is 6.92 Å². The molecule has 0 fully saturated rings. The maximum absolute atomic E-state index is 12.3. The van der Waals surface area contributed by atoms with Crippen molar-refractivity contribution in [3.8, 4) is 0 Å². The quantitative estimate of drug-likeness (QED) is 0.674. The Bertz CT molecular complexity index is 906. The summed E-state index contributed by atoms with van der Waals surface area (Å²) in [6.07, 6.45) is 0. The third kappa shape index (κ3) is 3.16. The molecule has 0 atom stereocenters. The zero-order chi connectivity index (χ0) is 18.1. The number of nitrogens with one attached hydrogen (secondary N) is 1. The summed E-state index contributed by atoms with van der Waals surface area (Å²) in [4.78, 5) is 48.9. The molecule has 0 radical (unpaired) electrons. The number of imide groups is 1. The van der Waals surface area contributed by atoms with E-state index < -0.39 is 24.3 Å². The SMILES string of the molecule is CC(=O)c1ccc(NC(=O)CN2C(=O)c3cccc(Cl)c3C2=O)cc1. The van der Waals surface area contributed by atoms with Crippen molar-refractivity contribution in [3.63, 3.8) is 0 Å². The van der Waals surface area contributed by atoms with Gasteiger partial charge in [0.15, 0.2) is 5.78 Å². The summed E-state index contributed by atoms with van der Waals surface area (Å²) < 4.78 is 0. The summed E-state index contributed by atoms with van der Waals surface area (Å²) in [5.74, 6) is -1.75. The van der Waals surface area contributed by atoms with Crippen LogP contribution < -0.4 is 5.32 Å². The Labute approximate surface area is 148 Å². The van der Waals surface area contributed by atoms with Gasteiger partial charge in [-0.3, -0.25) is 24.1 Å².